The number of primary amides is 1. The first-order valence-electron chi connectivity index (χ1n) is 5.27. The first-order chi connectivity index (χ1) is 6.61. The van der Waals surface area contributed by atoms with Crippen molar-refractivity contribution in [3.05, 3.63) is 0 Å². The van der Waals surface area contributed by atoms with Gasteiger partial charge in [0.15, 0.2) is 0 Å². The van der Waals surface area contributed by atoms with E-state index in [1.807, 2.05) is 19.0 Å². The molecule has 82 valence electrons. The summed E-state index contributed by atoms with van der Waals surface area (Å²) in [7, 11) is 3.82. The minimum absolute atomic E-state index is 0.111. The van der Waals surface area contributed by atoms with Crippen LogP contribution < -0.4 is 11.1 Å². The van der Waals surface area contributed by atoms with E-state index in [-0.39, 0.29) is 11.9 Å². The molecule has 0 aromatic heterocycles. The van der Waals surface area contributed by atoms with Gasteiger partial charge in [0.05, 0.1) is 6.04 Å². The van der Waals surface area contributed by atoms with Crippen LogP contribution in [0.1, 0.15) is 19.3 Å². The number of likely N-dealkylation sites (N-methyl/N-ethyl adjacent to an activating group) is 1. The van der Waals surface area contributed by atoms with E-state index < -0.39 is 0 Å². The van der Waals surface area contributed by atoms with Crippen molar-refractivity contribution in [1.29, 1.82) is 0 Å². The fourth-order valence-corrected chi connectivity index (χ4v) is 2.02. The predicted octanol–water partition coefficient (Wildman–Crippen LogP) is -0.208. The summed E-state index contributed by atoms with van der Waals surface area (Å²) in [6.45, 7) is 2.14. The second-order valence-electron chi connectivity index (χ2n) is 4.33. The van der Waals surface area contributed by atoms with Crippen LogP contribution in [0.2, 0.25) is 0 Å². The monoisotopic (exact) mass is 199 g/mol. The quantitative estimate of drug-likeness (QED) is 0.659. The van der Waals surface area contributed by atoms with Crippen molar-refractivity contribution in [3.63, 3.8) is 0 Å². The normalized spacial score (nSPS) is 24.9. The minimum atomic E-state index is -0.208. The molecule has 1 saturated heterocycles. The highest BCUT2D eigenvalue weighted by Crippen LogP contribution is 2.17. The summed E-state index contributed by atoms with van der Waals surface area (Å²) in [6, 6.07) is -0.111. The molecule has 2 unspecified atom stereocenters. The first kappa shape index (κ1) is 11.5. The van der Waals surface area contributed by atoms with Crippen LogP contribution in [0.4, 0.5) is 0 Å². The van der Waals surface area contributed by atoms with E-state index >= 15 is 0 Å². The third-order valence-corrected chi connectivity index (χ3v) is 2.91. The minimum Gasteiger partial charge on any atom is -0.368 e. The number of carbonyl (C=O) groups excluding carboxylic acids is 1. The molecule has 3 N–H and O–H groups in total. The van der Waals surface area contributed by atoms with Crippen LogP contribution in [0.15, 0.2) is 0 Å². The SMILES string of the molecule is CN(C)C(CC1CCCNC1)C(N)=O. The lowest BCUT2D eigenvalue weighted by Crippen LogP contribution is -2.43. The van der Waals surface area contributed by atoms with Crippen molar-refractivity contribution in [3.8, 4) is 0 Å². The van der Waals surface area contributed by atoms with E-state index in [1.54, 1.807) is 0 Å². The van der Waals surface area contributed by atoms with Gasteiger partial charge < -0.3 is 11.1 Å². The Kier molecular flexibility index (Phi) is 4.35. The van der Waals surface area contributed by atoms with Crippen LogP contribution in [0.25, 0.3) is 0 Å². The molecular weight excluding hydrogens is 178 g/mol. The second-order valence-corrected chi connectivity index (χ2v) is 4.33. The molecule has 1 heterocycles. The van der Waals surface area contributed by atoms with Crippen LogP contribution in [0, 0.1) is 5.92 Å². The first-order valence-corrected chi connectivity index (χ1v) is 5.27. The molecule has 1 aliphatic heterocycles. The molecule has 14 heavy (non-hydrogen) atoms. The molecule has 1 rings (SSSR count). The van der Waals surface area contributed by atoms with Gasteiger partial charge in [0.25, 0.3) is 0 Å². The van der Waals surface area contributed by atoms with Crippen molar-refractivity contribution < 1.29 is 4.79 Å². The van der Waals surface area contributed by atoms with Gasteiger partial charge in [-0.2, -0.15) is 0 Å². The molecule has 0 bridgehead atoms. The molecule has 0 aromatic carbocycles. The van der Waals surface area contributed by atoms with Crippen molar-refractivity contribution in [2.45, 2.75) is 25.3 Å². The summed E-state index contributed by atoms with van der Waals surface area (Å²) in [5, 5.41) is 3.35. The van der Waals surface area contributed by atoms with Crippen LogP contribution >= 0.6 is 0 Å². The summed E-state index contributed by atoms with van der Waals surface area (Å²) < 4.78 is 0. The Bertz CT molecular complexity index is 188. The Hall–Kier alpha value is -0.610. The van der Waals surface area contributed by atoms with Crippen LogP contribution in [0.3, 0.4) is 0 Å². The van der Waals surface area contributed by atoms with Crippen molar-refractivity contribution in [1.82, 2.24) is 10.2 Å². The van der Waals surface area contributed by atoms with Gasteiger partial charge in [-0.05, 0) is 52.4 Å². The molecule has 0 aliphatic carbocycles. The fraction of sp³-hybridized carbons (Fsp3) is 0.900. The Morgan fingerprint density at radius 1 is 1.64 bits per heavy atom. The van der Waals surface area contributed by atoms with E-state index in [0.29, 0.717) is 5.92 Å². The molecule has 2 atom stereocenters. The lowest BCUT2D eigenvalue weighted by Gasteiger charge is -2.28. The van der Waals surface area contributed by atoms with Crippen LogP contribution in [-0.4, -0.2) is 44.0 Å². The van der Waals surface area contributed by atoms with E-state index in [2.05, 4.69) is 5.32 Å². The molecule has 0 saturated carbocycles. The summed E-state index contributed by atoms with van der Waals surface area (Å²) >= 11 is 0. The maximum atomic E-state index is 11.2. The summed E-state index contributed by atoms with van der Waals surface area (Å²) in [5.41, 5.74) is 5.35. The average Bonchev–Trinajstić information content (AvgIpc) is 2.15. The third kappa shape index (κ3) is 3.27. The van der Waals surface area contributed by atoms with E-state index in [9.17, 15) is 4.79 Å². The largest absolute Gasteiger partial charge is 0.368 e. The van der Waals surface area contributed by atoms with Crippen LogP contribution in [-0.2, 0) is 4.79 Å². The van der Waals surface area contributed by atoms with E-state index in [4.69, 9.17) is 5.73 Å². The van der Waals surface area contributed by atoms with Crippen molar-refractivity contribution in [2.24, 2.45) is 11.7 Å². The Balaban J connectivity index is 2.41. The highest BCUT2D eigenvalue weighted by molar-refractivity contribution is 5.79. The van der Waals surface area contributed by atoms with Gasteiger partial charge in [-0.25, -0.2) is 0 Å². The molecule has 1 aliphatic rings. The standard InChI is InChI=1S/C10H21N3O/c1-13(2)9(10(11)14)6-8-4-3-5-12-7-8/h8-9,12H,3-7H2,1-2H3,(H2,11,14). The van der Waals surface area contributed by atoms with E-state index in [1.165, 1.54) is 12.8 Å². The third-order valence-electron chi connectivity index (χ3n) is 2.91. The predicted molar refractivity (Wildman–Crippen MR) is 56.9 cm³/mol. The summed E-state index contributed by atoms with van der Waals surface area (Å²) in [4.78, 5) is 13.1. The zero-order chi connectivity index (χ0) is 10.6. The summed E-state index contributed by atoms with van der Waals surface area (Å²) in [6.07, 6.45) is 3.31. The van der Waals surface area contributed by atoms with Gasteiger partial charge in [-0.15, -0.1) is 0 Å². The number of piperidine rings is 1. The van der Waals surface area contributed by atoms with Crippen molar-refractivity contribution in [2.75, 3.05) is 27.2 Å². The summed E-state index contributed by atoms with van der Waals surface area (Å²) in [5.74, 6) is 0.393. The topological polar surface area (TPSA) is 58.4 Å². The van der Waals surface area contributed by atoms with E-state index in [0.717, 1.165) is 19.5 Å². The molecule has 0 aromatic rings. The Morgan fingerprint density at radius 3 is 2.79 bits per heavy atom. The molecule has 1 fully saturated rings. The van der Waals surface area contributed by atoms with Gasteiger partial charge in [-0.1, -0.05) is 0 Å². The number of nitrogens with one attached hydrogen (secondary N) is 1. The Labute approximate surface area is 85.8 Å². The van der Waals surface area contributed by atoms with Crippen LogP contribution in [0.5, 0.6) is 0 Å². The van der Waals surface area contributed by atoms with Gasteiger partial charge in [-0.3, -0.25) is 9.69 Å². The van der Waals surface area contributed by atoms with Gasteiger partial charge in [0.2, 0.25) is 5.91 Å². The van der Waals surface area contributed by atoms with Gasteiger partial charge in [0, 0.05) is 0 Å². The lowest BCUT2D eigenvalue weighted by atomic mass is 9.92. The number of amides is 1. The van der Waals surface area contributed by atoms with Gasteiger partial charge in [0.1, 0.15) is 0 Å². The maximum Gasteiger partial charge on any atom is 0.234 e. The maximum absolute atomic E-state index is 11.2. The smallest absolute Gasteiger partial charge is 0.234 e. The number of hydrogen-bond donors (Lipinski definition) is 2. The number of hydrogen-bond acceptors (Lipinski definition) is 3. The fourth-order valence-electron chi connectivity index (χ4n) is 2.02. The molecule has 0 radical (unpaired) electrons. The number of nitrogens with zero attached hydrogens (tertiary/aromatic N) is 1. The highest BCUT2D eigenvalue weighted by atomic mass is 16.1. The average molecular weight is 199 g/mol. The molecule has 0 spiro atoms. The Morgan fingerprint density at radius 2 is 2.36 bits per heavy atom. The lowest BCUT2D eigenvalue weighted by molar-refractivity contribution is -0.123. The number of carbonyl (C=O) groups is 1. The number of nitrogens with two attached hydrogens (primary N) is 1. The zero-order valence-electron chi connectivity index (χ0n) is 9.12. The van der Waals surface area contributed by atoms with Gasteiger partial charge >= 0.3 is 0 Å². The molecular formula is C10H21N3O. The van der Waals surface area contributed by atoms with Crippen molar-refractivity contribution >= 4 is 5.91 Å². The molecule has 1 amide bonds. The molecule has 4 nitrogen and oxygen atoms in total. The second kappa shape index (κ2) is 5.32. The highest BCUT2D eigenvalue weighted by Gasteiger charge is 2.23. The number of rotatable bonds is 4. The molecule has 4 heteroatoms. The zero-order valence-corrected chi connectivity index (χ0v) is 9.12.